The smallest absolute Gasteiger partial charge is 0.220 e. The maximum atomic E-state index is 13.3. The zero-order valence-electron chi connectivity index (χ0n) is 56.0. The first-order chi connectivity index (χ1) is 42.6. The Morgan fingerprint density at radius 1 is 0.402 bits per heavy atom. The summed E-state index contributed by atoms with van der Waals surface area (Å²) in [4.78, 5) is 13.3. The van der Waals surface area contributed by atoms with Gasteiger partial charge in [-0.3, -0.25) is 4.79 Å². The van der Waals surface area contributed by atoms with E-state index in [1.165, 1.54) is 276 Å². The van der Waals surface area contributed by atoms with Gasteiger partial charge in [-0.1, -0.05) is 327 Å². The molecule has 2 fully saturated rings. The SMILES string of the molecule is CCCCCCCCCCCCCCCCCCCC/C=C/CC/C=C/C(O)C(COC1OC(CO)C(OC2OC(CO)C(O)C(O)C2O)C(O)C1O)NC(=O)CCCCCCCCCCCCCCCCCCCCCCCCCCCCCCC. The van der Waals surface area contributed by atoms with Gasteiger partial charge >= 0.3 is 0 Å². The molecule has 2 saturated heterocycles. The van der Waals surface area contributed by atoms with Crippen LogP contribution in [0.4, 0.5) is 0 Å². The van der Waals surface area contributed by atoms with Crippen molar-refractivity contribution in [3.63, 3.8) is 0 Å². The first-order valence-corrected chi connectivity index (χ1v) is 37.1. The van der Waals surface area contributed by atoms with Crippen molar-refractivity contribution in [1.29, 1.82) is 0 Å². The lowest BCUT2D eigenvalue weighted by Gasteiger charge is -2.46. The molecule has 14 heteroatoms. The van der Waals surface area contributed by atoms with Crippen LogP contribution in [0.2, 0.25) is 0 Å². The number of ether oxygens (including phenoxy) is 4. The third-order valence-corrected chi connectivity index (χ3v) is 18.4. The molecule has 0 aromatic rings. The van der Waals surface area contributed by atoms with Crippen molar-refractivity contribution in [3.8, 4) is 0 Å². The maximum absolute atomic E-state index is 13.3. The summed E-state index contributed by atoms with van der Waals surface area (Å²) in [5, 5.41) is 87.5. The molecule has 0 bridgehead atoms. The fourth-order valence-corrected chi connectivity index (χ4v) is 12.5. The van der Waals surface area contributed by atoms with Crippen LogP contribution >= 0.6 is 0 Å². The maximum Gasteiger partial charge on any atom is 0.220 e. The van der Waals surface area contributed by atoms with Crippen molar-refractivity contribution in [2.24, 2.45) is 0 Å². The van der Waals surface area contributed by atoms with Crippen LogP contribution in [0.5, 0.6) is 0 Å². The van der Waals surface area contributed by atoms with Crippen LogP contribution in [-0.4, -0.2) is 140 Å². The lowest BCUT2D eigenvalue weighted by molar-refractivity contribution is -0.359. The van der Waals surface area contributed by atoms with Crippen LogP contribution in [0.3, 0.4) is 0 Å². The second-order valence-electron chi connectivity index (χ2n) is 26.4. The molecule has 0 aromatic heterocycles. The molecular formula is C73H139NO13. The number of nitrogens with one attached hydrogen (secondary N) is 1. The van der Waals surface area contributed by atoms with Gasteiger partial charge in [0.15, 0.2) is 12.6 Å². The van der Waals surface area contributed by atoms with E-state index in [9.17, 15) is 45.6 Å². The molecule has 12 unspecified atom stereocenters. The van der Waals surface area contributed by atoms with Crippen LogP contribution < -0.4 is 5.32 Å². The van der Waals surface area contributed by atoms with E-state index in [1.807, 2.05) is 6.08 Å². The van der Waals surface area contributed by atoms with E-state index in [4.69, 9.17) is 18.9 Å². The van der Waals surface area contributed by atoms with Gasteiger partial charge < -0.3 is 65.1 Å². The Morgan fingerprint density at radius 2 is 0.736 bits per heavy atom. The minimum atomic E-state index is -1.79. The molecule has 2 heterocycles. The van der Waals surface area contributed by atoms with Gasteiger partial charge in [0, 0.05) is 6.42 Å². The van der Waals surface area contributed by atoms with Crippen LogP contribution in [0.1, 0.15) is 341 Å². The highest BCUT2D eigenvalue weighted by Crippen LogP contribution is 2.30. The number of hydrogen-bond donors (Lipinski definition) is 9. The third-order valence-electron chi connectivity index (χ3n) is 18.4. The number of unbranched alkanes of at least 4 members (excludes halogenated alkanes) is 47. The molecule has 0 saturated carbocycles. The molecule has 87 heavy (non-hydrogen) atoms. The Kier molecular flexibility index (Phi) is 54.7. The van der Waals surface area contributed by atoms with Gasteiger partial charge in [-0.25, -0.2) is 0 Å². The van der Waals surface area contributed by atoms with Crippen LogP contribution in [-0.2, 0) is 23.7 Å². The Balaban J connectivity index is 1.66. The number of rotatable bonds is 62. The van der Waals surface area contributed by atoms with Crippen LogP contribution in [0.25, 0.3) is 0 Å². The molecule has 0 aliphatic carbocycles. The summed E-state index contributed by atoms with van der Waals surface area (Å²) in [7, 11) is 0. The summed E-state index contributed by atoms with van der Waals surface area (Å²) >= 11 is 0. The topological polar surface area (TPSA) is 228 Å². The predicted octanol–water partition coefficient (Wildman–Crippen LogP) is 15.5. The molecule has 14 nitrogen and oxygen atoms in total. The van der Waals surface area contributed by atoms with E-state index < -0.39 is 86.8 Å². The molecule has 0 aromatic carbocycles. The van der Waals surface area contributed by atoms with Crippen molar-refractivity contribution in [3.05, 3.63) is 24.3 Å². The van der Waals surface area contributed by atoms with Gasteiger partial charge in [0.2, 0.25) is 5.91 Å². The minimum Gasteiger partial charge on any atom is -0.394 e. The van der Waals surface area contributed by atoms with Crippen molar-refractivity contribution >= 4 is 5.91 Å². The first-order valence-electron chi connectivity index (χ1n) is 37.1. The molecule has 2 rings (SSSR count). The molecule has 514 valence electrons. The van der Waals surface area contributed by atoms with Crippen LogP contribution in [0.15, 0.2) is 24.3 Å². The lowest BCUT2D eigenvalue weighted by atomic mass is 9.97. The fraction of sp³-hybridized carbons (Fsp3) is 0.932. The van der Waals surface area contributed by atoms with Crippen molar-refractivity contribution in [2.45, 2.75) is 415 Å². The van der Waals surface area contributed by atoms with E-state index in [1.54, 1.807) is 6.08 Å². The van der Waals surface area contributed by atoms with Crippen molar-refractivity contribution in [1.82, 2.24) is 5.32 Å². The van der Waals surface area contributed by atoms with Gasteiger partial charge in [0.05, 0.1) is 32.0 Å². The molecule has 2 aliphatic rings. The van der Waals surface area contributed by atoms with Gasteiger partial charge in [0.1, 0.15) is 48.8 Å². The third kappa shape index (κ3) is 42.4. The Labute approximate surface area is 532 Å². The molecule has 1 amide bonds. The standard InChI is InChI=1S/C73H139NO13/c1-3-5-7-9-11-13-15-17-19-21-23-25-27-29-30-31-32-33-35-37-39-41-43-45-47-49-51-53-55-57-65(78)74-61(60-84-72-70(83)68(81)71(64(59-76)86-72)87-73-69(82)67(80)66(79)63(58-75)85-73)62(77)56-54-52-50-48-46-44-42-40-38-36-34-28-26-24-22-20-18-16-14-12-10-8-6-4-2/h46,48,54,56,61-64,66-73,75-77,79-83H,3-45,47,49-53,55,57-60H2,1-2H3,(H,74,78)/b48-46+,56-54+. The van der Waals surface area contributed by atoms with Gasteiger partial charge in [-0.05, 0) is 32.1 Å². The molecule has 0 radical (unpaired) electrons. The van der Waals surface area contributed by atoms with E-state index >= 15 is 0 Å². The number of amides is 1. The summed E-state index contributed by atoms with van der Waals surface area (Å²) in [6, 6.07) is -0.930. The Morgan fingerprint density at radius 3 is 1.13 bits per heavy atom. The Hall–Kier alpha value is -1.53. The van der Waals surface area contributed by atoms with Gasteiger partial charge in [0.25, 0.3) is 0 Å². The highest BCUT2D eigenvalue weighted by molar-refractivity contribution is 5.76. The largest absolute Gasteiger partial charge is 0.394 e. The molecule has 2 aliphatic heterocycles. The van der Waals surface area contributed by atoms with Gasteiger partial charge in [-0.15, -0.1) is 0 Å². The van der Waals surface area contributed by atoms with E-state index in [0.29, 0.717) is 12.8 Å². The molecule has 12 atom stereocenters. The molecular weight excluding hydrogens is 1100 g/mol. The number of carbonyl (C=O) groups excluding carboxylic acids is 1. The zero-order chi connectivity index (χ0) is 63.1. The summed E-state index contributed by atoms with van der Waals surface area (Å²) < 4.78 is 22.9. The van der Waals surface area contributed by atoms with Crippen molar-refractivity contribution < 1.29 is 64.6 Å². The average molecular weight is 1240 g/mol. The predicted molar refractivity (Wildman–Crippen MR) is 355 cm³/mol. The molecule has 9 N–H and O–H groups in total. The Bertz CT molecular complexity index is 1550. The summed E-state index contributed by atoms with van der Waals surface area (Å²) in [6.45, 7) is 2.85. The highest BCUT2D eigenvalue weighted by atomic mass is 16.7. The quantitative estimate of drug-likeness (QED) is 0.0204. The lowest BCUT2D eigenvalue weighted by Crippen LogP contribution is -2.65. The zero-order valence-corrected chi connectivity index (χ0v) is 56.0. The highest BCUT2D eigenvalue weighted by Gasteiger charge is 2.51. The minimum absolute atomic E-state index is 0.241. The number of aliphatic hydroxyl groups is 8. The van der Waals surface area contributed by atoms with Gasteiger partial charge in [-0.2, -0.15) is 0 Å². The summed E-state index contributed by atoms with van der Waals surface area (Å²) in [5.74, 6) is -0.241. The monoisotopic (exact) mass is 1240 g/mol. The first kappa shape index (κ1) is 81.6. The second-order valence-corrected chi connectivity index (χ2v) is 26.4. The summed E-state index contributed by atoms with van der Waals surface area (Å²) in [6.07, 6.45) is 56.8. The summed E-state index contributed by atoms with van der Waals surface area (Å²) in [5.41, 5.74) is 0. The molecule has 0 spiro atoms. The number of aliphatic hydroxyl groups excluding tert-OH is 8. The number of carbonyl (C=O) groups is 1. The van der Waals surface area contributed by atoms with Crippen LogP contribution in [0, 0.1) is 0 Å². The van der Waals surface area contributed by atoms with Crippen molar-refractivity contribution in [2.75, 3.05) is 19.8 Å². The average Bonchev–Trinajstić information content (AvgIpc) is 1.62. The second kappa shape index (κ2) is 58.3. The number of allylic oxidation sites excluding steroid dienone is 3. The number of hydrogen-bond acceptors (Lipinski definition) is 13. The van der Waals surface area contributed by atoms with E-state index in [0.717, 1.165) is 32.1 Å². The van der Waals surface area contributed by atoms with E-state index in [-0.39, 0.29) is 18.9 Å². The normalized spacial score (nSPS) is 23.3. The van der Waals surface area contributed by atoms with E-state index in [2.05, 4.69) is 31.3 Å². The fourth-order valence-electron chi connectivity index (χ4n) is 12.5.